The summed E-state index contributed by atoms with van der Waals surface area (Å²) in [7, 11) is 2.03. The monoisotopic (exact) mass is 319 g/mol. The molecule has 4 nitrogen and oxygen atoms in total. The predicted molar refractivity (Wildman–Crippen MR) is 71.6 cm³/mol. The molecule has 1 aliphatic rings. The highest BCUT2D eigenvalue weighted by Crippen LogP contribution is 2.29. The maximum Gasteiger partial charge on any atom is 0.148 e. The number of rotatable bonds is 3. The van der Waals surface area contributed by atoms with Gasteiger partial charge in [0, 0.05) is 26.8 Å². The summed E-state index contributed by atoms with van der Waals surface area (Å²) in [5, 5.41) is 0.453. The maximum absolute atomic E-state index is 5.96. The van der Waals surface area contributed by atoms with Gasteiger partial charge in [-0.1, -0.05) is 11.6 Å². The van der Waals surface area contributed by atoms with E-state index in [0.29, 0.717) is 11.1 Å². The second kappa shape index (κ2) is 5.98. The summed E-state index contributed by atoms with van der Waals surface area (Å²) in [4.78, 5) is 10.3. The summed E-state index contributed by atoms with van der Waals surface area (Å²) in [6.45, 7) is 2.70. The first-order valence-corrected chi connectivity index (χ1v) is 6.80. The molecule has 6 heteroatoms. The van der Waals surface area contributed by atoms with E-state index in [-0.39, 0.29) is 0 Å². The smallest absolute Gasteiger partial charge is 0.148 e. The molecule has 0 aliphatic carbocycles. The van der Waals surface area contributed by atoms with E-state index in [4.69, 9.17) is 16.3 Å². The third kappa shape index (κ3) is 3.30. The molecule has 0 unspecified atom stereocenters. The number of hydrogen-bond donors (Lipinski definition) is 0. The van der Waals surface area contributed by atoms with Crippen molar-refractivity contribution in [2.24, 2.45) is 5.92 Å². The van der Waals surface area contributed by atoms with Crippen LogP contribution in [0.25, 0.3) is 0 Å². The first kappa shape index (κ1) is 13.1. The Morgan fingerprint density at radius 1 is 1.47 bits per heavy atom. The first-order chi connectivity index (χ1) is 8.18. The minimum atomic E-state index is 0.453. The molecule has 17 heavy (non-hydrogen) atoms. The Bertz CT molecular complexity index is 385. The lowest BCUT2D eigenvalue weighted by Crippen LogP contribution is -2.30. The number of halogens is 2. The van der Waals surface area contributed by atoms with Crippen LogP contribution in [0.3, 0.4) is 0 Å². The molecule has 0 amide bonds. The van der Waals surface area contributed by atoms with Crippen LogP contribution in [0.2, 0.25) is 5.15 Å². The van der Waals surface area contributed by atoms with Gasteiger partial charge < -0.3 is 9.64 Å². The molecule has 0 saturated carbocycles. The molecule has 1 aromatic heterocycles. The van der Waals surface area contributed by atoms with Crippen molar-refractivity contribution in [2.75, 3.05) is 31.7 Å². The van der Waals surface area contributed by atoms with Crippen molar-refractivity contribution < 1.29 is 4.74 Å². The van der Waals surface area contributed by atoms with Crippen molar-refractivity contribution in [3.63, 3.8) is 0 Å². The highest BCUT2D eigenvalue weighted by Gasteiger charge is 2.18. The van der Waals surface area contributed by atoms with Gasteiger partial charge in [-0.05, 0) is 34.7 Å². The molecule has 1 aromatic rings. The van der Waals surface area contributed by atoms with Crippen LogP contribution >= 0.6 is 27.5 Å². The molecule has 0 atom stereocenters. The van der Waals surface area contributed by atoms with Crippen LogP contribution in [0.4, 0.5) is 5.82 Å². The fourth-order valence-electron chi connectivity index (χ4n) is 2.01. The van der Waals surface area contributed by atoms with Gasteiger partial charge in [-0.3, -0.25) is 0 Å². The van der Waals surface area contributed by atoms with Gasteiger partial charge in [0.25, 0.3) is 0 Å². The van der Waals surface area contributed by atoms with E-state index in [2.05, 4.69) is 30.8 Å². The first-order valence-electron chi connectivity index (χ1n) is 5.63. The molecule has 0 N–H and O–H groups in total. The van der Waals surface area contributed by atoms with Crippen molar-refractivity contribution in [3.8, 4) is 0 Å². The van der Waals surface area contributed by atoms with Gasteiger partial charge in [0.2, 0.25) is 0 Å². The van der Waals surface area contributed by atoms with Gasteiger partial charge >= 0.3 is 0 Å². The Kier molecular flexibility index (Phi) is 4.59. The highest BCUT2D eigenvalue weighted by molar-refractivity contribution is 9.10. The Balaban J connectivity index is 2.03. The van der Waals surface area contributed by atoms with Crippen molar-refractivity contribution in [1.82, 2.24) is 9.97 Å². The third-order valence-corrected chi connectivity index (χ3v) is 4.21. The Morgan fingerprint density at radius 2 is 2.18 bits per heavy atom. The summed E-state index contributed by atoms with van der Waals surface area (Å²) in [6, 6.07) is 0. The molecule has 0 spiro atoms. The van der Waals surface area contributed by atoms with Crippen LogP contribution in [0.5, 0.6) is 0 Å². The quantitative estimate of drug-likeness (QED) is 0.803. The van der Waals surface area contributed by atoms with Gasteiger partial charge in [-0.15, -0.1) is 0 Å². The Labute approximate surface area is 114 Å². The van der Waals surface area contributed by atoms with E-state index in [9.17, 15) is 0 Å². The molecule has 2 heterocycles. The van der Waals surface area contributed by atoms with Crippen LogP contribution in [-0.4, -0.2) is 36.8 Å². The van der Waals surface area contributed by atoms with Crippen LogP contribution in [-0.2, 0) is 4.74 Å². The Hall–Kier alpha value is -0.390. The number of nitrogens with zero attached hydrogens (tertiary/aromatic N) is 3. The molecule has 0 bridgehead atoms. The number of hydrogen-bond acceptors (Lipinski definition) is 4. The average molecular weight is 321 g/mol. The largest absolute Gasteiger partial charge is 0.381 e. The second-order valence-corrected chi connectivity index (χ2v) is 5.39. The van der Waals surface area contributed by atoms with E-state index in [1.807, 2.05) is 7.05 Å². The molecule has 94 valence electrons. The lowest BCUT2D eigenvalue weighted by Gasteiger charge is -2.28. The third-order valence-electron chi connectivity index (χ3n) is 2.96. The lowest BCUT2D eigenvalue weighted by molar-refractivity contribution is 0.0685. The fraction of sp³-hybridized carbons (Fsp3) is 0.636. The van der Waals surface area contributed by atoms with E-state index in [1.54, 1.807) is 0 Å². The minimum absolute atomic E-state index is 0.453. The zero-order chi connectivity index (χ0) is 12.3. The van der Waals surface area contributed by atoms with Crippen LogP contribution < -0.4 is 4.90 Å². The van der Waals surface area contributed by atoms with Crippen molar-refractivity contribution in [2.45, 2.75) is 12.8 Å². The molecule has 1 aliphatic heterocycles. The molecule has 0 radical (unpaired) electrons. The summed E-state index contributed by atoms with van der Waals surface area (Å²) in [5.41, 5.74) is 0. The minimum Gasteiger partial charge on any atom is -0.381 e. The van der Waals surface area contributed by atoms with E-state index in [0.717, 1.165) is 42.9 Å². The molecule has 1 saturated heterocycles. The molecule has 1 fully saturated rings. The fourth-order valence-corrected chi connectivity index (χ4v) is 2.64. The van der Waals surface area contributed by atoms with Gasteiger partial charge in [-0.25, -0.2) is 9.97 Å². The summed E-state index contributed by atoms with van der Waals surface area (Å²) >= 11 is 9.38. The van der Waals surface area contributed by atoms with Gasteiger partial charge in [0.15, 0.2) is 0 Å². The number of ether oxygens (including phenoxy) is 1. The average Bonchev–Trinajstić information content (AvgIpc) is 2.34. The Morgan fingerprint density at radius 3 is 2.88 bits per heavy atom. The molecular weight excluding hydrogens is 305 g/mol. The summed E-state index contributed by atoms with van der Waals surface area (Å²) < 4.78 is 6.12. The lowest BCUT2D eigenvalue weighted by atomic mass is 10.00. The van der Waals surface area contributed by atoms with Crippen molar-refractivity contribution in [3.05, 3.63) is 16.0 Å². The zero-order valence-electron chi connectivity index (χ0n) is 9.70. The van der Waals surface area contributed by atoms with Crippen molar-refractivity contribution >= 4 is 33.3 Å². The van der Waals surface area contributed by atoms with E-state index in [1.165, 1.54) is 6.33 Å². The normalized spacial score (nSPS) is 17.1. The van der Waals surface area contributed by atoms with E-state index >= 15 is 0 Å². The SMILES string of the molecule is CN(CC1CCOCC1)c1ncnc(Cl)c1Br. The standard InChI is InChI=1S/C11H15BrClN3O/c1-16(6-8-2-4-17-5-3-8)11-9(12)10(13)14-7-15-11/h7-8H,2-6H2,1H3. The summed E-state index contributed by atoms with van der Waals surface area (Å²) in [6.07, 6.45) is 3.71. The topological polar surface area (TPSA) is 38.2 Å². The van der Waals surface area contributed by atoms with Gasteiger partial charge in [-0.2, -0.15) is 0 Å². The van der Waals surface area contributed by atoms with Crippen LogP contribution in [0.1, 0.15) is 12.8 Å². The maximum atomic E-state index is 5.96. The van der Waals surface area contributed by atoms with Crippen LogP contribution in [0, 0.1) is 5.92 Å². The molecular formula is C11H15BrClN3O. The predicted octanol–water partition coefficient (Wildman–Crippen LogP) is 2.76. The second-order valence-electron chi connectivity index (χ2n) is 4.24. The van der Waals surface area contributed by atoms with Gasteiger partial charge in [0.1, 0.15) is 17.3 Å². The number of aromatic nitrogens is 2. The summed E-state index contributed by atoms with van der Waals surface area (Å²) in [5.74, 6) is 1.51. The zero-order valence-corrected chi connectivity index (χ0v) is 12.0. The molecule has 2 rings (SSSR count). The molecule has 0 aromatic carbocycles. The van der Waals surface area contributed by atoms with Gasteiger partial charge in [0.05, 0.1) is 4.47 Å². The van der Waals surface area contributed by atoms with E-state index < -0.39 is 0 Å². The van der Waals surface area contributed by atoms with Crippen LogP contribution in [0.15, 0.2) is 10.8 Å². The van der Waals surface area contributed by atoms with Crippen molar-refractivity contribution in [1.29, 1.82) is 0 Å². The highest BCUT2D eigenvalue weighted by atomic mass is 79.9. The number of anilines is 1.